The third-order valence-corrected chi connectivity index (χ3v) is 5.06. The van der Waals surface area contributed by atoms with Gasteiger partial charge >= 0.3 is 0 Å². The average Bonchev–Trinajstić information content (AvgIpc) is 3.36. The number of ether oxygens (including phenoxy) is 1. The van der Waals surface area contributed by atoms with Gasteiger partial charge in [0.1, 0.15) is 5.69 Å². The van der Waals surface area contributed by atoms with Crippen molar-refractivity contribution in [3.63, 3.8) is 0 Å². The largest absolute Gasteiger partial charge is 0.376 e. The van der Waals surface area contributed by atoms with E-state index in [1.165, 1.54) is 12.8 Å². The van der Waals surface area contributed by atoms with Gasteiger partial charge in [-0.3, -0.25) is 9.48 Å². The van der Waals surface area contributed by atoms with Gasteiger partial charge in [0.15, 0.2) is 0 Å². The molecule has 1 atom stereocenters. The molecule has 0 bridgehead atoms. The van der Waals surface area contributed by atoms with Crippen LogP contribution in [-0.2, 0) is 29.7 Å². The molecule has 132 valence electrons. The minimum Gasteiger partial charge on any atom is -0.376 e. The topological polar surface area (TPSA) is 60.2 Å². The van der Waals surface area contributed by atoms with Gasteiger partial charge in [0.2, 0.25) is 5.91 Å². The third kappa shape index (κ3) is 3.74. The lowest BCUT2D eigenvalue weighted by Crippen LogP contribution is -2.40. The lowest BCUT2D eigenvalue weighted by molar-refractivity contribution is -0.133. The Bertz CT molecular complexity index is 739. The van der Waals surface area contributed by atoms with E-state index in [9.17, 15) is 4.79 Å². The number of aryl methyl sites for hydroxylation is 1. The van der Waals surface area contributed by atoms with Crippen LogP contribution in [-0.4, -0.2) is 39.0 Å². The SMILES string of the molecule is Cn1nnc2c1[C@@H](COCc1ccccc1)CN(C(=O)CC1CC1)C2. The Morgan fingerprint density at radius 1 is 1.28 bits per heavy atom. The molecule has 4 rings (SSSR count). The van der Waals surface area contributed by atoms with Crippen molar-refractivity contribution in [1.29, 1.82) is 0 Å². The molecule has 1 fully saturated rings. The fourth-order valence-electron chi connectivity index (χ4n) is 3.53. The van der Waals surface area contributed by atoms with Crippen LogP contribution in [0.4, 0.5) is 0 Å². The summed E-state index contributed by atoms with van der Waals surface area (Å²) in [4.78, 5) is 14.5. The predicted octanol–water partition coefficient (Wildman–Crippen LogP) is 2.26. The summed E-state index contributed by atoms with van der Waals surface area (Å²) in [6.45, 7) is 2.41. The Balaban J connectivity index is 1.43. The zero-order valence-electron chi connectivity index (χ0n) is 14.6. The molecule has 0 N–H and O–H groups in total. The molecular weight excluding hydrogens is 316 g/mol. The molecule has 0 radical (unpaired) electrons. The molecule has 1 aliphatic heterocycles. The van der Waals surface area contributed by atoms with Crippen LogP contribution in [0.5, 0.6) is 0 Å². The maximum Gasteiger partial charge on any atom is 0.223 e. The normalized spacial score (nSPS) is 19.7. The molecule has 2 aliphatic rings. The molecule has 6 nitrogen and oxygen atoms in total. The minimum absolute atomic E-state index is 0.121. The summed E-state index contributed by atoms with van der Waals surface area (Å²) in [5, 5.41) is 8.42. The second-order valence-electron chi connectivity index (χ2n) is 7.16. The molecule has 0 spiro atoms. The molecule has 1 aromatic carbocycles. The van der Waals surface area contributed by atoms with Crippen molar-refractivity contribution in [3.8, 4) is 0 Å². The summed E-state index contributed by atoms with van der Waals surface area (Å²) < 4.78 is 7.78. The first kappa shape index (κ1) is 16.3. The summed E-state index contributed by atoms with van der Waals surface area (Å²) in [5.74, 6) is 0.964. The highest BCUT2D eigenvalue weighted by atomic mass is 16.5. The van der Waals surface area contributed by atoms with Gasteiger partial charge in [-0.25, -0.2) is 0 Å². The van der Waals surface area contributed by atoms with Gasteiger partial charge in [-0.1, -0.05) is 35.5 Å². The Morgan fingerprint density at radius 3 is 2.84 bits per heavy atom. The molecule has 0 saturated heterocycles. The van der Waals surface area contributed by atoms with Gasteiger partial charge in [0, 0.05) is 25.9 Å². The first-order valence-corrected chi connectivity index (χ1v) is 8.98. The number of carbonyl (C=O) groups is 1. The number of hydrogen-bond donors (Lipinski definition) is 0. The van der Waals surface area contributed by atoms with Crippen LogP contribution < -0.4 is 0 Å². The Labute approximate surface area is 147 Å². The molecule has 1 aliphatic carbocycles. The molecule has 2 heterocycles. The first-order valence-electron chi connectivity index (χ1n) is 8.98. The lowest BCUT2D eigenvalue weighted by atomic mass is 9.98. The second-order valence-corrected chi connectivity index (χ2v) is 7.16. The number of rotatable bonds is 6. The van der Waals surface area contributed by atoms with Gasteiger partial charge in [-0.05, 0) is 24.3 Å². The maximum absolute atomic E-state index is 12.5. The van der Waals surface area contributed by atoms with Crippen LogP contribution in [0.25, 0.3) is 0 Å². The molecule has 25 heavy (non-hydrogen) atoms. The van der Waals surface area contributed by atoms with Crippen molar-refractivity contribution in [2.45, 2.75) is 38.3 Å². The highest BCUT2D eigenvalue weighted by molar-refractivity contribution is 5.77. The maximum atomic E-state index is 12.5. The standard InChI is InChI=1S/C19H24N4O2/c1-22-19-16(13-25-12-15-5-3-2-4-6-15)10-23(11-17(19)20-21-22)18(24)9-14-7-8-14/h2-6,14,16H,7-13H2,1H3/t16-/m1/s1. The third-order valence-electron chi connectivity index (χ3n) is 5.06. The predicted molar refractivity (Wildman–Crippen MR) is 92.6 cm³/mol. The molecule has 6 heteroatoms. The van der Waals surface area contributed by atoms with Crippen LogP contribution in [0.3, 0.4) is 0 Å². The van der Waals surface area contributed by atoms with Crippen molar-refractivity contribution in [3.05, 3.63) is 47.3 Å². The Morgan fingerprint density at radius 2 is 2.08 bits per heavy atom. The van der Waals surface area contributed by atoms with Crippen molar-refractivity contribution >= 4 is 5.91 Å². The van der Waals surface area contributed by atoms with E-state index in [2.05, 4.69) is 22.4 Å². The summed E-state index contributed by atoms with van der Waals surface area (Å²) in [6.07, 6.45) is 3.06. The fourth-order valence-corrected chi connectivity index (χ4v) is 3.53. The van der Waals surface area contributed by atoms with Gasteiger partial charge in [-0.15, -0.1) is 5.10 Å². The van der Waals surface area contributed by atoms with E-state index < -0.39 is 0 Å². The van der Waals surface area contributed by atoms with Crippen LogP contribution in [0.15, 0.2) is 30.3 Å². The number of benzene rings is 1. The quantitative estimate of drug-likeness (QED) is 0.809. The van der Waals surface area contributed by atoms with E-state index in [0.717, 1.165) is 17.0 Å². The minimum atomic E-state index is 0.121. The zero-order chi connectivity index (χ0) is 17.2. The van der Waals surface area contributed by atoms with E-state index in [1.807, 2.05) is 34.8 Å². The van der Waals surface area contributed by atoms with E-state index in [4.69, 9.17) is 4.74 Å². The molecule has 1 aromatic heterocycles. The van der Waals surface area contributed by atoms with Gasteiger partial charge < -0.3 is 9.64 Å². The van der Waals surface area contributed by atoms with Crippen LogP contribution in [0.2, 0.25) is 0 Å². The van der Waals surface area contributed by atoms with E-state index >= 15 is 0 Å². The smallest absolute Gasteiger partial charge is 0.223 e. The molecule has 1 amide bonds. The Hall–Kier alpha value is -2.21. The van der Waals surface area contributed by atoms with Gasteiger partial charge in [0.05, 0.1) is 25.5 Å². The lowest BCUT2D eigenvalue weighted by Gasteiger charge is -2.32. The van der Waals surface area contributed by atoms with E-state index in [0.29, 0.717) is 38.6 Å². The van der Waals surface area contributed by atoms with Crippen molar-refractivity contribution < 1.29 is 9.53 Å². The van der Waals surface area contributed by atoms with Crippen molar-refractivity contribution in [2.24, 2.45) is 13.0 Å². The molecular formula is C19H24N4O2. The Kier molecular flexibility index (Phi) is 4.53. The number of hydrogen-bond acceptors (Lipinski definition) is 4. The summed E-state index contributed by atoms with van der Waals surface area (Å²) in [5.41, 5.74) is 3.16. The number of fused-ring (bicyclic) bond motifs is 1. The highest BCUT2D eigenvalue weighted by Gasteiger charge is 2.34. The van der Waals surface area contributed by atoms with Crippen LogP contribution >= 0.6 is 0 Å². The van der Waals surface area contributed by atoms with Gasteiger partial charge in [0.25, 0.3) is 0 Å². The number of aromatic nitrogens is 3. The van der Waals surface area contributed by atoms with Gasteiger partial charge in [-0.2, -0.15) is 0 Å². The van der Waals surface area contributed by atoms with E-state index in [1.54, 1.807) is 0 Å². The van der Waals surface area contributed by atoms with Crippen LogP contribution in [0, 0.1) is 5.92 Å². The van der Waals surface area contributed by atoms with Crippen molar-refractivity contribution in [2.75, 3.05) is 13.2 Å². The molecule has 2 aromatic rings. The van der Waals surface area contributed by atoms with Crippen molar-refractivity contribution in [1.82, 2.24) is 19.9 Å². The number of nitrogens with zero attached hydrogens (tertiary/aromatic N) is 4. The number of carbonyl (C=O) groups excluding carboxylic acids is 1. The first-order chi connectivity index (χ1) is 12.2. The summed E-state index contributed by atoms with van der Waals surface area (Å²) in [6, 6.07) is 10.1. The molecule has 0 unspecified atom stereocenters. The average molecular weight is 340 g/mol. The second kappa shape index (κ2) is 6.96. The molecule has 1 saturated carbocycles. The number of amides is 1. The monoisotopic (exact) mass is 340 g/mol. The van der Waals surface area contributed by atoms with Crippen LogP contribution in [0.1, 0.15) is 42.1 Å². The van der Waals surface area contributed by atoms with E-state index in [-0.39, 0.29) is 11.8 Å². The highest BCUT2D eigenvalue weighted by Crippen LogP contribution is 2.34. The summed E-state index contributed by atoms with van der Waals surface area (Å²) in [7, 11) is 1.91. The summed E-state index contributed by atoms with van der Waals surface area (Å²) >= 11 is 0. The fraction of sp³-hybridized carbons (Fsp3) is 0.526. The zero-order valence-corrected chi connectivity index (χ0v) is 14.6.